The van der Waals surface area contributed by atoms with Crippen LogP contribution in [0.25, 0.3) is 0 Å². The van der Waals surface area contributed by atoms with Gasteiger partial charge in [-0.25, -0.2) is 0 Å². The van der Waals surface area contributed by atoms with Crippen molar-refractivity contribution in [1.29, 1.82) is 0 Å². The van der Waals surface area contributed by atoms with E-state index in [2.05, 4.69) is 5.32 Å². The predicted octanol–water partition coefficient (Wildman–Crippen LogP) is -0.421. The lowest BCUT2D eigenvalue weighted by Gasteiger charge is -2.25. The molecule has 100 valence electrons. The Morgan fingerprint density at radius 1 is 1.29 bits per heavy atom. The number of carbonyl (C=O) groups excluding carboxylic acids is 1. The largest absolute Gasteiger partial charge is 0.395 e. The highest BCUT2D eigenvalue weighted by atomic mass is 16.3. The van der Waals surface area contributed by atoms with Gasteiger partial charge in [-0.1, -0.05) is 0 Å². The van der Waals surface area contributed by atoms with E-state index in [-0.39, 0.29) is 19.1 Å². The summed E-state index contributed by atoms with van der Waals surface area (Å²) < 4.78 is 0. The summed E-state index contributed by atoms with van der Waals surface area (Å²) in [5.74, 6) is 0.636. The molecule has 1 aliphatic heterocycles. The number of hydrogen-bond acceptors (Lipinski definition) is 4. The van der Waals surface area contributed by atoms with Crippen LogP contribution in [0.4, 0.5) is 0 Å². The molecule has 0 bridgehead atoms. The highest BCUT2D eigenvalue weighted by molar-refractivity contribution is 5.76. The average molecular weight is 244 g/mol. The predicted molar refractivity (Wildman–Crippen MR) is 65.6 cm³/mol. The highest BCUT2D eigenvalue weighted by Gasteiger charge is 2.17. The number of carbonyl (C=O) groups is 1. The summed E-state index contributed by atoms with van der Waals surface area (Å²) >= 11 is 0. The minimum atomic E-state index is -0.0449. The molecule has 1 heterocycles. The van der Waals surface area contributed by atoms with E-state index in [1.54, 1.807) is 0 Å². The molecular weight excluding hydrogens is 220 g/mol. The van der Waals surface area contributed by atoms with Gasteiger partial charge in [0.05, 0.1) is 13.2 Å². The fourth-order valence-corrected chi connectivity index (χ4v) is 2.26. The van der Waals surface area contributed by atoms with Crippen LogP contribution < -0.4 is 5.32 Å². The van der Waals surface area contributed by atoms with Crippen molar-refractivity contribution in [3.05, 3.63) is 0 Å². The maximum Gasteiger partial charge on any atom is 0.222 e. The Labute approximate surface area is 103 Å². The third-order valence-electron chi connectivity index (χ3n) is 3.26. The third-order valence-corrected chi connectivity index (χ3v) is 3.26. The Morgan fingerprint density at radius 2 is 2.00 bits per heavy atom. The zero-order valence-electron chi connectivity index (χ0n) is 10.4. The van der Waals surface area contributed by atoms with Crippen LogP contribution >= 0.6 is 0 Å². The summed E-state index contributed by atoms with van der Waals surface area (Å²) in [6.45, 7) is 2.65. The van der Waals surface area contributed by atoms with E-state index in [1.807, 2.05) is 0 Å². The van der Waals surface area contributed by atoms with Gasteiger partial charge in [0.15, 0.2) is 0 Å². The minimum Gasteiger partial charge on any atom is -0.395 e. The van der Waals surface area contributed by atoms with Gasteiger partial charge < -0.3 is 20.4 Å². The van der Waals surface area contributed by atoms with Crippen LogP contribution in [-0.2, 0) is 4.79 Å². The van der Waals surface area contributed by atoms with Gasteiger partial charge in [0.2, 0.25) is 5.91 Å². The molecule has 1 amide bonds. The number of piperidine rings is 1. The van der Waals surface area contributed by atoms with E-state index in [0.717, 1.165) is 19.5 Å². The molecular formula is C12H24N2O3. The first-order valence-corrected chi connectivity index (χ1v) is 6.48. The lowest BCUT2D eigenvalue weighted by molar-refractivity contribution is -0.132. The van der Waals surface area contributed by atoms with Crippen molar-refractivity contribution in [2.45, 2.75) is 25.7 Å². The van der Waals surface area contributed by atoms with Crippen molar-refractivity contribution in [3.8, 4) is 0 Å². The quantitative estimate of drug-likeness (QED) is 0.569. The number of amides is 1. The molecule has 0 aromatic carbocycles. The monoisotopic (exact) mass is 244 g/mol. The Balaban J connectivity index is 2.25. The average Bonchev–Trinajstić information content (AvgIpc) is 2.37. The van der Waals surface area contributed by atoms with E-state index in [1.165, 1.54) is 17.7 Å². The first kappa shape index (κ1) is 14.4. The van der Waals surface area contributed by atoms with Crippen molar-refractivity contribution in [2.75, 3.05) is 39.4 Å². The van der Waals surface area contributed by atoms with Gasteiger partial charge in [-0.15, -0.1) is 0 Å². The molecule has 1 atom stereocenters. The number of nitrogens with zero attached hydrogens (tertiary/aromatic N) is 1. The molecule has 0 aromatic rings. The second kappa shape index (κ2) is 8.44. The van der Waals surface area contributed by atoms with Gasteiger partial charge in [0, 0.05) is 19.5 Å². The second-order valence-electron chi connectivity index (χ2n) is 4.58. The van der Waals surface area contributed by atoms with Gasteiger partial charge in [0.25, 0.3) is 0 Å². The summed E-state index contributed by atoms with van der Waals surface area (Å²) in [7, 11) is 0. The van der Waals surface area contributed by atoms with Crippen LogP contribution in [-0.4, -0.2) is 60.4 Å². The summed E-state index contributed by atoms with van der Waals surface area (Å²) in [5, 5.41) is 21.0. The number of nitrogens with one attached hydrogen (secondary N) is 1. The lowest BCUT2D eigenvalue weighted by Crippen LogP contribution is -2.36. The maximum atomic E-state index is 11.8. The van der Waals surface area contributed by atoms with E-state index in [0.29, 0.717) is 25.4 Å². The molecule has 0 aliphatic carbocycles. The number of rotatable bonds is 7. The van der Waals surface area contributed by atoms with Gasteiger partial charge in [0.1, 0.15) is 0 Å². The van der Waals surface area contributed by atoms with Crippen LogP contribution in [0.2, 0.25) is 0 Å². The van der Waals surface area contributed by atoms with Crippen LogP contribution in [0.5, 0.6) is 0 Å². The molecule has 1 saturated heterocycles. The molecule has 5 heteroatoms. The van der Waals surface area contributed by atoms with Gasteiger partial charge in [-0.2, -0.15) is 0 Å². The summed E-state index contributed by atoms with van der Waals surface area (Å²) in [5.41, 5.74) is 0. The second-order valence-corrected chi connectivity index (χ2v) is 4.58. The Bertz CT molecular complexity index is 212. The zero-order chi connectivity index (χ0) is 12.5. The molecule has 0 aromatic heterocycles. The Kier molecular flexibility index (Phi) is 7.16. The first-order chi connectivity index (χ1) is 8.27. The van der Waals surface area contributed by atoms with Crippen LogP contribution in [0.3, 0.4) is 0 Å². The highest BCUT2D eigenvalue weighted by Crippen LogP contribution is 2.16. The summed E-state index contributed by atoms with van der Waals surface area (Å²) in [4.78, 5) is 13.4. The van der Waals surface area contributed by atoms with E-state index >= 15 is 0 Å². The molecule has 1 unspecified atom stereocenters. The van der Waals surface area contributed by atoms with Crippen LogP contribution in [0.15, 0.2) is 0 Å². The van der Waals surface area contributed by atoms with E-state index in [4.69, 9.17) is 10.2 Å². The maximum absolute atomic E-state index is 11.8. The van der Waals surface area contributed by atoms with Crippen molar-refractivity contribution in [3.63, 3.8) is 0 Å². The zero-order valence-corrected chi connectivity index (χ0v) is 10.4. The van der Waals surface area contributed by atoms with Crippen molar-refractivity contribution in [2.24, 2.45) is 5.92 Å². The van der Waals surface area contributed by atoms with Crippen molar-refractivity contribution >= 4 is 5.91 Å². The fraction of sp³-hybridized carbons (Fsp3) is 0.917. The molecule has 0 radical (unpaired) electrons. The standard InChI is InChI=1S/C12H24N2O3/c15-8-6-14(7-9-16)12(17)4-3-11-2-1-5-13-10-11/h11,13,15-16H,1-10H2. The number of hydrogen-bond donors (Lipinski definition) is 3. The third kappa shape index (κ3) is 5.48. The summed E-state index contributed by atoms with van der Waals surface area (Å²) in [6, 6.07) is 0. The van der Waals surface area contributed by atoms with Crippen molar-refractivity contribution in [1.82, 2.24) is 10.2 Å². The SMILES string of the molecule is O=C(CCC1CCCNC1)N(CCO)CCO. The fourth-order valence-electron chi connectivity index (χ4n) is 2.26. The Morgan fingerprint density at radius 3 is 2.53 bits per heavy atom. The minimum absolute atomic E-state index is 0.0404. The molecule has 3 N–H and O–H groups in total. The van der Waals surface area contributed by atoms with Crippen LogP contribution in [0.1, 0.15) is 25.7 Å². The van der Waals surface area contributed by atoms with Crippen molar-refractivity contribution < 1.29 is 15.0 Å². The van der Waals surface area contributed by atoms with Gasteiger partial charge >= 0.3 is 0 Å². The lowest BCUT2D eigenvalue weighted by atomic mass is 9.94. The Hall–Kier alpha value is -0.650. The molecule has 5 nitrogen and oxygen atoms in total. The molecule has 17 heavy (non-hydrogen) atoms. The van der Waals surface area contributed by atoms with Gasteiger partial charge in [-0.3, -0.25) is 4.79 Å². The summed E-state index contributed by atoms with van der Waals surface area (Å²) in [6.07, 6.45) is 3.81. The van der Waals surface area contributed by atoms with E-state index < -0.39 is 0 Å². The smallest absolute Gasteiger partial charge is 0.222 e. The number of aliphatic hydroxyl groups is 2. The van der Waals surface area contributed by atoms with Crippen LogP contribution in [0, 0.1) is 5.92 Å². The van der Waals surface area contributed by atoms with E-state index in [9.17, 15) is 4.79 Å². The molecule has 0 saturated carbocycles. The first-order valence-electron chi connectivity index (χ1n) is 6.48. The number of aliphatic hydroxyl groups excluding tert-OH is 2. The van der Waals surface area contributed by atoms with Gasteiger partial charge in [-0.05, 0) is 38.3 Å². The molecule has 1 fully saturated rings. The molecule has 1 aliphatic rings. The normalized spacial score (nSPS) is 20.2. The molecule has 1 rings (SSSR count). The topological polar surface area (TPSA) is 72.8 Å². The molecule has 0 spiro atoms.